The number of ether oxygens (including phenoxy) is 1. The first-order chi connectivity index (χ1) is 9.82. The lowest BCUT2D eigenvalue weighted by molar-refractivity contribution is 0.0784. The summed E-state index contributed by atoms with van der Waals surface area (Å²) in [7, 11) is -2.14. The molecule has 0 radical (unpaired) electrons. The lowest BCUT2D eigenvalue weighted by atomic mass is 10.1. The van der Waals surface area contributed by atoms with Gasteiger partial charge in [-0.25, -0.2) is 13.6 Å². The molecule has 116 valence electrons. The first-order valence-electron chi connectivity index (χ1n) is 6.88. The van der Waals surface area contributed by atoms with Crippen LogP contribution in [0.5, 0.6) is 5.75 Å². The molecule has 7 heteroatoms. The van der Waals surface area contributed by atoms with Gasteiger partial charge in [-0.05, 0) is 43.9 Å². The molecule has 2 rings (SSSR count). The number of benzene rings is 1. The molecular weight excluding hydrogens is 292 g/mol. The number of rotatable bonds is 6. The minimum absolute atomic E-state index is 0.0888. The maximum Gasteiger partial charge on any atom is 0.257 e. The number of carbonyl (C=O) groups is 1. The summed E-state index contributed by atoms with van der Waals surface area (Å²) in [4.78, 5) is 14.0. The third kappa shape index (κ3) is 3.95. The summed E-state index contributed by atoms with van der Waals surface area (Å²) in [6.07, 6.45) is 2.26. The van der Waals surface area contributed by atoms with Crippen molar-refractivity contribution >= 4 is 15.9 Å². The highest BCUT2D eigenvalue weighted by Crippen LogP contribution is 2.30. The molecule has 0 unspecified atom stereocenters. The van der Waals surface area contributed by atoms with Crippen molar-refractivity contribution in [3.05, 3.63) is 23.8 Å². The minimum atomic E-state index is -3.85. The van der Waals surface area contributed by atoms with Crippen LogP contribution in [0, 0.1) is 5.92 Å². The molecule has 2 N–H and O–H groups in total. The first kappa shape index (κ1) is 15.8. The largest absolute Gasteiger partial charge is 0.493 e. The monoisotopic (exact) mass is 312 g/mol. The molecule has 0 saturated heterocycles. The SMILES string of the molecule is CCOc1ccc(S(N)(=O)=O)cc1C(=O)N(C)CC1CC1. The molecule has 0 spiro atoms. The second kappa shape index (κ2) is 6.03. The number of hydrogen-bond acceptors (Lipinski definition) is 4. The van der Waals surface area contributed by atoms with E-state index in [0.29, 0.717) is 24.8 Å². The molecule has 0 bridgehead atoms. The van der Waals surface area contributed by atoms with Gasteiger partial charge in [0.25, 0.3) is 5.91 Å². The summed E-state index contributed by atoms with van der Waals surface area (Å²) in [5.41, 5.74) is 0.228. The third-order valence-electron chi connectivity index (χ3n) is 3.39. The van der Waals surface area contributed by atoms with Gasteiger partial charge >= 0.3 is 0 Å². The Hall–Kier alpha value is -1.60. The molecule has 0 aliphatic heterocycles. The van der Waals surface area contributed by atoms with Crippen LogP contribution in [0.3, 0.4) is 0 Å². The normalized spacial score (nSPS) is 14.8. The summed E-state index contributed by atoms with van der Waals surface area (Å²) < 4.78 is 28.3. The summed E-state index contributed by atoms with van der Waals surface area (Å²) >= 11 is 0. The van der Waals surface area contributed by atoms with Crippen LogP contribution >= 0.6 is 0 Å². The maximum atomic E-state index is 12.5. The summed E-state index contributed by atoms with van der Waals surface area (Å²) in [5, 5.41) is 5.12. The van der Waals surface area contributed by atoms with Gasteiger partial charge in [0.05, 0.1) is 17.1 Å². The van der Waals surface area contributed by atoms with E-state index in [-0.39, 0.29) is 16.4 Å². The molecule has 1 aromatic rings. The fraction of sp³-hybridized carbons (Fsp3) is 0.500. The van der Waals surface area contributed by atoms with E-state index in [4.69, 9.17) is 9.88 Å². The van der Waals surface area contributed by atoms with E-state index < -0.39 is 10.0 Å². The van der Waals surface area contributed by atoms with Gasteiger partial charge in [0.2, 0.25) is 10.0 Å². The van der Waals surface area contributed by atoms with Crippen LogP contribution in [0.4, 0.5) is 0 Å². The van der Waals surface area contributed by atoms with Gasteiger partial charge in [0.15, 0.2) is 0 Å². The molecule has 0 heterocycles. The molecular formula is C14H20N2O4S. The van der Waals surface area contributed by atoms with E-state index in [0.717, 1.165) is 12.8 Å². The number of sulfonamides is 1. The Labute approximate surface area is 124 Å². The third-order valence-corrected chi connectivity index (χ3v) is 4.30. The van der Waals surface area contributed by atoms with Crippen molar-refractivity contribution in [2.75, 3.05) is 20.2 Å². The van der Waals surface area contributed by atoms with Gasteiger partial charge < -0.3 is 9.64 Å². The molecule has 0 atom stereocenters. The highest BCUT2D eigenvalue weighted by molar-refractivity contribution is 7.89. The predicted molar refractivity (Wildman–Crippen MR) is 78.7 cm³/mol. The van der Waals surface area contributed by atoms with Crippen molar-refractivity contribution in [1.82, 2.24) is 4.90 Å². The van der Waals surface area contributed by atoms with E-state index in [1.807, 2.05) is 0 Å². The smallest absolute Gasteiger partial charge is 0.257 e. The highest BCUT2D eigenvalue weighted by Gasteiger charge is 2.27. The van der Waals surface area contributed by atoms with Crippen LogP contribution in [0.2, 0.25) is 0 Å². The average molecular weight is 312 g/mol. The van der Waals surface area contributed by atoms with Gasteiger partial charge in [-0.2, -0.15) is 0 Å². The molecule has 6 nitrogen and oxygen atoms in total. The van der Waals surface area contributed by atoms with Crippen LogP contribution in [0.25, 0.3) is 0 Å². The van der Waals surface area contributed by atoms with E-state index in [9.17, 15) is 13.2 Å². The predicted octanol–water partition coefficient (Wildman–Crippen LogP) is 1.21. The van der Waals surface area contributed by atoms with Crippen LogP contribution < -0.4 is 9.88 Å². The van der Waals surface area contributed by atoms with Gasteiger partial charge in [-0.15, -0.1) is 0 Å². The van der Waals surface area contributed by atoms with Crippen LogP contribution in [0.1, 0.15) is 30.1 Å². The van der Waals surface area contributed by atoms with Crippen molar-refractivity contribution in [2.45, 2.75) is 24.7 Å². The number of primary sulfonamides is 1. The number of amides is 1. The fourth-order valence-electron chi connectivity index (χ4n) is 2.11. The molecule has 1 aliphatic carbocycles. The lowest BCUT2D eigenvalue weighted by Gasteiger charge is -2.19. The Morgan fingerprint density at radius 2 is 2.10 bits per heavy atom. The van der Waals surface area contributed by atoms with E-state index in [2.05, 4.69) is 0 Å². The number of nitrogens with two attached hydrogens (primary N) is 1. The van der Waals surface area contributed by atoms with E-state index in [1.54, 1.807) is 18.9 Å². The Morgan fingerprint density at radius 3 is 2.62 bits per heavy atom. The van der Waals surface area contributed by atoms with Crippen molar-refractivity contribution in [3.8, 4) is 5.75 Å². The van der Waals surface area contributed by atoms with Crippen molar-refractivity contribution in [3.63, 3.8) is 0 Å². The van der Waals surface area contributed by atoms with Crippen LogP contribution in [0.15, 0.2) is 23.1 Å². The number of carbonyl (C=O) groups excluding carboxylic acids is 1. The Bertz CT molecular complexity index is 638. The number of nitrogens with zero attached hydrogens (tertiary/aromatic N) is 1. The minimum Gasteiger partial charge on any atom is -0.493 e. The topological polar surface area (TPSA) is 89.7 Å². The van der Waals surface area contributed by atoms with Gasteiger partial charge in [0, 0.05) is 13.6 Å². The average Bonchev–Trinajstić information content (AvgIpc) is 3.21. The Morgan fingerprint density at radius 1 is 1.43 bits per heavy atom. The summed E-state index contributed by atoms with van der Waals surface area (Å²) in [6.45, 7) is 2.86. The highest BCUT2D eigenvalue weighted by atomic mass is 32.2. The zero-order chi connectivity index (χ0) is 15.6. The summed E-state index contributed by atoms with van der Waals surface area (Å²) in [5.74, 6) is 0.671. The van der Waals surface area contributed by atoms with Crippen LogP contribution in [-0.2, 0) is 10.0 Å². The second-order valence-corrected chi connectivity index (χ2v) is 6.83. The Kier molecular flexibility index (Phi) is 4.53. The zero-order valence-electron chi connectivity index (χ0n) is 12.2. The van der Waals surface area contributed by atoms with Crippen LogP contribution in [-0.4, -0.2) is 39.4 Å². The maximum absolute atomic E-state index is 12.5. The van der Waals surface area contributed by atoms with Crippen molar-refractivity contribution in [1.29, 1.82) is 0 Å². The van der Waals surface area contributed by atoms with Gasteiger partial charge in [-0.3, -0.25) is 4.79 Å². The molecule has 1 fully saturated rings. The molecule has 1 saturated carbocycles. The van der Waals surface area contributed by atoms with Gasteiger partial charge in [0.1, 0.15) is 5.75 Å². The molecule has 1 aromatic carbocycles. The number of hydrogen-bond donors (Lipinski definition) is 1. The van der Waals surface area contributed by atoms with E-state index >= 15 is 0 Å². The van der Waals surface area contributed by atoms with Crippen molar-refractivity contribution < 1.29 is 17.9 Å². The Balaban J connectivity index is 2.34. The molecule has 0 aromatic heterocycles. The molecule has 21 heavy (non-hydrogen) atoms. The lowest BCUT2D eigenvalue weighted by Crippen LogP contribution is -2.29. The van der Waals surface area contributed by atoms with Gasteiger partial charge in [-0.1, -0.05) is 0 Å². The molecule has 1 aliphatic rings. The van der Waals surface area contributed by atoms with Crippen molar-refractivity contribution in [2.24, 2.45) is 11.1 Å². The quantitative estimate of drug-likeness (QED) is 0.855. The second-order valence-electron chi connectivity index (χ2n) is 5.27. The standard InChI is InChI=1S/C14H20N2O4S/c1-3-20-13-7-6-11(21(15,18)19)8-12(13)14(17)16(2)9-10-4-5-10/h6-8,10H,3-5,9H2,1-2H3,(H2,15,18,19). The summed E-state index contributed by atoms with van der Waals surface area (Å²) in [6, 6.07) is 4.10. The molecule has 1 amide bonds. The van der Waals surface area contributed by atoms with E-state index in [1.165, 1.54) is 18.2 Å². The first-order valence-corrected chi connectivity index (χ1v) is 8.42. The fourth-order valence-corrected chi connectivity index (χ4v) is 2.65. The zero-order valence-corrected chi connectivity index (χ0v) is 13.0.